The lowest BCUT2D eigenvalue weighted by Crippen LogP contribution is -2.29. The van der Waals surface area contributed by atoms with Crippen LogP contribution in [0.4, 0.5) is 4.39 Å². The van der Waals surface area contributed by atoms with Crippen molar-refractivity contribution < 1.29 is 18.8 Å². The summed E-state index contributed by atoms with van der Waals surface area (Å²) in [5.41, 5.74) is 0.322. The van der Waals surface area contributed by atoms with Crippen LogP contribution in [0.3, 0.4) is 0 Å². The van der Waals surface area contributed by atoms with Gasteiger partial charge in [0.2, 0.25) is 5.89 Å². The number of carbonyl (C=O) groups is 1. The smallest absolute Gasteiger partial charge is 0.253 e. The summed E-state index contributed by atoms with van der Waals surface area (Å²) in [5.74, 6) is 0.316. The Morgan fingerprint density at radius 2 is 2.00 bits per heavy atom. The van der Waals surface area contributed by atoms with E-state index in [4.69, 9.17) is 4.52 Å². The molecule has 0 saturated heterocycles. The molecule has 1 aromatic carbocycles. The van der Waals surface area contributed by atoms with Crippen molar-refractivity contribution in [2.45, 2.75) is 50.7 Å². The van der Waals surface area contributed by atoms with E-state index in [0.717, 1.165) is 12.8 Å². The van der Waals surface area contributed by atoms with E-state index in [0.29, 0.717) is 23.2 Å². The minimum absolute atomic E-state index is 0.0524. The normalized spacial score (nSPS) is 16.8. The average molecular weight is 333 g/mol. The summed E-state index contributed by atoms with van der Waals surface area (Å²) in [6.45, 7) is 0.0524. The summed E-state index contributed by atoms with van der Waals surface area (Å²) in [7, 11) is 0. The van der Waals surface area contributed by atoms with Crippen molar-refractivity contribution in [2.75, 3.05) is 0 Å². The lowest BCUT2D eigenvalue weighted by molar-refractivity contribution is -0.129. The molecule has 128 valence electrons. The van der Waals surface area contributed by atoms with Gasteiger partial charge in [-0.05, 0) is 30.5 Å². The molecule has 1 aliphatic carbocycles. The SMILES string of the molecule is O=C(NCc1nc(C2CCCCC2)no1)[C@H](O)c1ccc(F)cc1. The lowest BCUT2D eigenvalue weighted by Gasteiger charge is -2.17. The molecule has 0 bridgehead atoms. The number of aliphatic hydroxyl groups is 1. The van der Waals surface area contributed by atoms with Crippen LogP contribution in [0.5, 0.6) is 0 Å². The number of benzene rings is 1. The highest BCUT2D eigenvalue weighted by Crippen LogP contribution is 2.30. The first-order valence-electron chi connectivity index (χ1n) is 8.17. The van der Waals surface area contributed by atoms with Crippen LogP contribution in [0.2, 0.25) is 0 Å². The predicted octanol–water partition coefficient (Wildman–Crippen LogP) is 2.61. The van der Waals surface area contributed by atoms with Gasteiger partial charge in [0, 0.05) is 5.92 Å². The monoisotopic (exact) mass is 333 g/mol. The number of halogens is 1. The van der Waals surface area contributed by atoms with Gasteiger partial charge in [0.1, 0.15) is 5.82 Å². The molecular weight excluding hydrogens is 313 g/mol. The van der Waals surface area contributed by atoms with Crippen LogP contribution in [0.25, 0.3) is 0 Å². The van der Waals surface area contributed by atoms with Gasteiger partial charge in [-0.1, -0.05) is 36.6 Å². The fourth-order valence-electron chi connectivity index (χ4n) is 2.92. The fraction of sp³-hybridized carbons (Fsp3) is 0.471. The molecule has 24 heavy (non-hydrogen) atoms. The first-order valence-corrected chi connectivity index (χ1v) is 8.17. The Morgan fingerprint density at radius 3 is 2.71 bits per heavy atom. The van der Waals surface area contributed by atoms with Gasteiger partial charge in [0.05, 0.1) is 6.54 Å². The van der Waals surface area contributed by atoms with Gasteiger partial charge in [-0.3, -0.25) is 4.79 Å². The maximum Gasteiger partial charge on any atom is 0.253 e. The van der Waals surface area contributed by atoms with Crippen LogP contribution in [0.15, 0.2) is 28.8 Å². The first-order chi connectivity index (χ1) is 11.6. The number of rotatable bonds is 5. The van der Waals surface area contributed by atoms with Crippen molar-refractivity contribution in [3.63, 3.8) is 0 Å². The topological polar surface area (TPSA) is 88.3 Å². The van der Waals surface area contributed by atoms with E-state index in [9.17, 15) is 14.3 Å². The molecule has 0 radical (unpaired) electrons. The molecule has 1 saturated carbocycles. The number of nitrogens with zero attached hydrogens (tertiary/aromatic N) is 2. The lowest BCUT2D eigenvalue weighted by atomic mass is 9.89. The molecule has 0 spiro atoms. The molecule has 3 rings (SSSR count). The summed E-state index contributed by atoms with van der Waals surface area (Å²) < 4.78 is 18.0. The Bertz CT molecular complexity index is 681. The van der Waals surface area contributed by atoms with Crippen LogP contribution >= 0.6 is 0 Å². The number of nitrogens with one attached hydrogen (secondary N) is 1. The molecule has 2 N–H and O–H groups in total. The van der Waals surface area contributed by atoms with Gasteiger partial charge in [-0.25, -0.2) is 4.39 Å². The number of hydrogen-bond acceptors (Lipinski definition) is 5. The van der Waals surface area contributed by atoms with Crippen molar-refractivity contribution >= 4 is 5.91 Å². The third kappa shape index (κ3) is 3.97. The Labute approximate surface area is 139 Å². The molecule has 0 aliphatic heterocycles. The van der Waals surface area contributed by atoms with Crippen LogP contribution in [0.1, 0.15) is 61.4 Å². The zero-order chi connectivity index (χ0) is 16.9. The van der Waals surface area contributed by atoms with E-state index in [-0.39, 0.29) is 6.54 Å². The summed E-state index contributed by atoms with van der Waals surface area (Å²) >= 11 is 0. The number of aromatic nitrogens is 2. The fourth-order valence-corrected chi connectivity index (χ4v) is 2.92. The molecule has 1 amide bonds. The van der Waals surface area contributed by atoms with Gasteiger partial charge in [0.15, 0.2) is 11.9 Å². The van der Waals surface area contributed by atoms with Crippen LogP contribution in [0, 0.1) is 5.82 Å². The number of carbonyl (C=O) groups excluding carboxylic acids is 1. The largest absolute Gasteiger partial charge is 0.378 e. The standard InChI is InChI=1S/C17H20FN3O3/c18-13-8-6-11(7-9-13)15(22)17(23)19-10-14-20-16(21-24-14)12-4-2-1-3-5-12/h6-9,12,15,22H,1-5,10H2,(H,19,23)/t15-/m1/s1. The maximum absolute atomic E-state index is 12.9. The summed E-state index contributed by atoms with van der Waals surface area (Å²) in [5, 5.41) is 16.5. The van der Waals surface area contributed by atoms with Crippen molar-refractivity contribution in [1.29, 1.82) is 0 Å². The first kappa shape index (κ1) is 16.6. The second kappa shape index (κ2) is 7.53. The minimum Gasteiger partial charge on any atom is -0.378 e. The molecule has 1 aromatic heterocycles. The highest BCUT2D eigenvalue weighted by atomic mass is 19.1. The van der Waals surface area contributed by atoms with E-state index in [2.05, 4.69) is 15.5 Å². The number of amides is 1. The summed E-state index contributed by atoms with van der Waals surface area (Å²) in [4.78, 5) is 16.3. The highest BCUT2D eigenvalue weighted by Gasteiger charge is 2.22. The molecule has 2 aromatic rings. The zero-order valence-electron chi connectivity index (χ0n) is 13.2. The molecule has 1 heterocycles. The molecule has 1 atom stereocenters. The van der Waals surface area contributed by atoms with Crippen molar-refractivity contribution in [2.24, 2.45) is 0 Å². The van der Waals surface area contributed by atoms with E-state index in [1.165, 1.54) is 43.5 Å². The third-order valence-electron chi connectivity index (χ3n) is 4.30. The predicted molar refractivity (Wildman–Crippen MR) is 83.3 cm³/mol. The van der Waals surface area contributed by atoms with E-state index in [1.807, 2.05) is 0 Å². The molecule has 0 unspecified atom stereocenters. The van der Waals surface area contributed by atoms with Gasteiger partial charge < -0.3 is 14.9 Å². The van der Waals surface area contributed by atoms with Crippen LogP contribution < -0.4 is 5.32 Å². The molecule has 6 nitrogen and oxygen atoms in total. The Kier molecular flexibility index (Phi) is 5.20. The molecule has 1 fully saturated rings. The minimum atomic E-state index is -1.37. The molecule has 7 heteroatoms. The molecular formula is C17H20FN3O3. The Hall–Kier alpha value is -2.28. The summed E-state index contributed by atoms with van der Waals surface area (Å²) in [6, 6.07) is 5.13. The second-order valence-corrected chi connectivity index (χ2v) is 6.05. The average Bonchev–Trinajstić information content (AvgIpc) is 3.09. The maximum atomic E-state index is 12.9. The van der Waals surface area contributed by atoms with Crippen molar-refractivity contribution in [3.8, 4) is 0 Å². The Balaban J connectivity index is 1.54. The third-order valence-corrected chi connectivity index (χ3v) is 4.30. The second-order valence-electron chi connectivity index (χ2n) is 6.05. The van der Waals surface area contributed by atoms with Crippen molar-refractivity contribution in [3.05, 3.63) is 47.4 Å². The van der Waals surface area contributed by atoms with Gasteiger partial charge in [-0.15, -0.1) is 0 Å². The number of aliphatic hydroxyl groups excluding tert-OH is 1. The summed E-state index contributed by atoms with van der Waals surface area (Å²) in [6.07, 6.45) is 4.36. The van der Waals surface area contributed by atoms with Gasteiger partial charge in [0.25, 0.3) is 5.91 Å². The van der Waals surface area contributed by atoms with E-state index in [1.54, 1.807) is 0 Å². The van der Waals surface area contributed by atoms with Crippen molar-refractivity contribution in [1.82, 2.24) is 15.5 Å². The van der Waals surface area contributed by atoms with Crippen LogP contribution in [-0.2, 0) is 11.3 Å². The zero-order valence-corrected chi connectivity index (χ0v) is 13.2. The van der Waals surface area contributed by atoms with Gasteiger partial charge in [-0.2, -0.15) is 4.98 Å². The van der Waals surface area contributed by atoms with Gasteiger partial charge >= 0.3 is 0 Å². The van der Waals surface area contributed by atoms with E-state index >= 15 is 0 Å². The van der Waals surface area contributed by atoms with Crippen LogP contribution in [-0.4, -0.2) is 21.2 Å². The highest BCUT2D eigenvalue weighted by molar-refractivity contribution is 5.81. The Morgan fingerprint density at radius 1 is 1.29 bits per heavy atom. The van der Waals surface area contributed by atoms with E-state index < -0.39 is 17.8 Å². The number of hydrogen-bond donors (Lipinski definition) is 2. The quantitative estimate of drug-likeness (QED) is 0.878. The molecule has 1 aliphatic rings.